The second kappa shape index (κ2) is 16.7. The number of piperidine rings is 2. The highest BCUT2D eigenvalue weighted by molar-refractivity contribution is 5.81. The Labute approximate surface area is 182 Å². The van der Waals surface area contributed by atoms with E-state index in [1.165, 1.54) is 38.5 Å². The maximum absolute atomic E-state index is 11.9. The fourth-order valence-electron chi connectivity index (χ4n) is 3.86. The van der Waals surface area contributed by atoms with Gasteiger partial charge in [-0.1, -0.05) is 68.7 Å². The average molecular weight is 413 g/mol. The van der Waals surface area contributed by atoms with Crippen molar-refractivity contribution in [1.82, 2.24) is 9.80 Å². The third-order valence-electron chi connectivity index (χ3n) is 5.62. The molecular weight excluding hydrogens is 360 g/mol. The number of likely N-dealkylation sites (tertiary alicyclic amines) is 2. The molecule has 0 radical (unpaired) electrons. The van der Waals surface area contributed by atoms with Crippen molar-refractivity contribution in [3.63, 3.8) is 0 Å². The molecule has 0 aromatic heterocycles. The minimum absolute atomic E-state index is 0.209. The molecule has 2 saturated heterocycles. The van der Waals surface area contributed by atoms with E-state index in [9.17, 15) is 9.59 Å². The molecule has 0 N–H and O–H groups in total. The Hall–Kier alpha value is -1.06. The van der Waals surface area contributed by atoms with Crippen LogP contribution in [0, 0.1) is 11.3 Å². The Balaban J connectivity index is 0. The average Bonchev–Trinajstić information content (AvgIpc) is 2.75. The monoisotopic (exact) mass is 412 g/mol. The second-order valence-corrected chi connectivity index (χ2v) is 8.66. The van der Waals surface area contributed by atoms with Crippen molar-refractivity contribution in [1.29, 1.82) is 0 Å². The lowest BCUT2D eigenvalue weighted by atomic mass is 9.90. The number of hydrogen-bond acceptors (Lipinski definition) is 2. The quantitative estimate of drug-likeness (QED) is 0.517. The van der Waals surface area contributed by atoms with Gasteiger partial charge in [0.05, 0.1) is 0 Å². The molecule has 2 aliphatic rings. The van der Waals surface area contributed by atoms with E-state index in [0.717, 1.165) is 32.0 Å². The largest absolute Gasteiger partial charge is 0.342 e. The molecule has 0 spiro atoms. The van der Waals surface area contributed by atoms with Crippen LogP contribution in [0.2, 0.25) is 0 Å². The Kier molecular flexibility index (Phi) is 17.4. The van der Waals surface area contributed by atoms with E-state index in [1.807, 2.05) is 58.3 Å². The zero-order chi connectivity index (χ0) is 23.0. The Morgan fingerprint density at radius 2 is 1.34 bits per heavy atom. The standard InChI is InChI=1S/C12H23NO.C9H17NO.2C2H6/c1-5-10-6-8-13(9-7-10)11(14)12(2,3)4;1-3-9-6-4-5-7-10(9)8(2)11;2*1-2/h10H,5-9H2,1-4H3;9H,3-7H2,1-2H3;2*1-2H3. The topological polar surface area (TPSA) is 40.6 Å². The first-order valence-electron chi connectivity index (χ1n) is 12.3. The van der Waals surface area contributed by atoms with Crippen LogP contribution in [-0.2, 0) is 9.59 Å². The predicted molar refractivity (Wildman–Crippen MR) is 127 cm³/mol. The molecule has 0 aromatic rings. The van der Waals surface area contributed by atoms with Crippen molar-refractivity contribution in [2.24, 2.45) is 11.3 Å². The number of carbonyl (C=O) groups is 2. The minimum atomic E-state index is -0.209. The van der Waals surface area contributed by atoms with E-state index in [0.29, 0.717) is 11.9 Å². The third kappa shape index (κ3) is 11.6. The van der Waals surface area contributed by atoms with Gasteiger partial charge in [0.2, 0.25) is 11.8 Å². The molecule has 2 rings (SSSR count). The van der Waals surface area contributed by atoms with E-state index in [1.54, 1.807) is 6.92 Å². The van der Waals surface area contributed by atoms with Crippen LogP contribution in [0.25, 0.3) is 0 Å². The number of hydrogen-bond donors (Lipinski definition) is 0. The van der Waals surface area contributed by atoms with Gasteiger partial charge in [-0.15, -0.1) is 0 Å². The minimum Gasteiger partial charge on any atom is -0.342 e. The number of nitrogens with zero attached hydrogens (tertiary/aromatic N) is 2. The van der Waals surface area contributed by atoms with Crippen molar-refractivity contribution in [2.75, 3.05) is 19.6 Å². The first-order chi connectivity index (χ1) is 13.7. The molecule has 0 saturated carbocycles. The van der Waals surface area contributed by atoms with Crippen LogP contribution in [0.1, 0.15) is 114 Å². The highest BCUT2D eigenvalue weighted by Crippen LogP contribution is 2.24. The predicted octanol–water partition coefficient (Wildman–Crippen LogP) is 6.53. The maximum Gasteiger partial charge on any atom is 0.227 e. The van der Waals surface area contributed by atoms with Gasteiger partial charge in [-0.25, -0.2) is 0 Å². The molecule has 174 valence electrons. The summed E-state index contributed by atoms with van der Waals surface area (Å²) in [4.78, 5) is 27.1. The van der Waals surface area contributed by atoms with Crippen LogP contribution in [0.4, 0.5) is 0 Å². The highest BCUT2D eigenvalue weighted by atomic mass is 16.2. The maximum atomic E-state index is 11.9. The van der Waals surface area contributed by atoms with Gasteiger partial charge < -0.3 is 9.80 Å². The number of carbonyl (C=O) groups excluding carboxylic acids is 2. The normalized spacial score (nSPS) is 19.6. The Morgan fingerprint density at radius 3 is 1.69 bits per heavy atom. The zero-order valence-electron chi connectivity index (χ0n) is 21.4. The van der Waals surface area contributed by atoms with Gasteiger partial charge in [-0.05, 0) is 44.4 Å². The van der Waals surface area contributed by atoms with Gasteiger partial charge >= 0.3 is 0 Å². The lowest BCUT2D eigenvalue weighted by Crippen LogP contribution is -2.44. The molecule has 2 heterocycles. The molecule has 4 nitrogen and oxygen atoms in total. The van der Waals surface area contributed by atoms with Crippen molar-refractivity contribution in [3.8, 4) is 0 Å². The fourth-order valence-corrected chi connectivity index (χ4v) is 3.86. The number of rotatable bonds is 2. The van der Waals surface area contributed by atoms with Gasteiger partial charge in [0.15, 0.2) is 0 Å². The molecule has 0 aromatic carbocycles. The van der Waals surface area contributed by atoms with Gasteiger partial charge in [-0.2, -0.15) is 0 Å². The molecule has 1 atom stereocenters. The number of amides is 2. The van der Waals surface area contributed by atoms with Crippen LogP contribution in [-0.4, -0.2) is 47.3 Å². The smallest absolute Gasteiger partial charge is 0.227 e. The van der Waals surface area contributed by atoms with Crippen LogP contribution < -0.4 is 0 Å². The molecule has 2 amide bonds. The van der Waals surface area contributed by atoms with E-state index >= 15 is 0 Å². The van der Waals surface area contributed by atoms with E-state index in [-0.39, 0.29) is 11.3 Å². The van der Waals surface area contributed by atoms with Gasteiger partial charge in [0, 0.05) is 38.0 Å². The highest BCUT2D eigenvalue weighted by Gasteiger charge is 2.29. The van der Waals surface area contributed by atoms with Gasteiger partial charge in [-0.3, -0.25) is 9.59 Å². The molecule has 0 bridgehead atoms. The zero-order valence-corrected chi connectivity index (χ0v) is 21.4. The molecule has 2 fully saturated rings. The van der Waals surface area contributed by atoms with E-state index in [2.05, 4.69) is 13.8 Å². The lowest BCUT2D eigenvalue weighted by molar-refractivity contribution is -0.141. The van der Waals surface area contributed by atoms with Crippen LogP contribution >= 0.6 is 0 Å². The SMILES string of the molecule is CC.CC.CCC1CCCCN1C(C)=O.CCC1CCN(C(=O)C(C)(C)C)CC1. The van der Waals surface area contributed by atoms with Crippen molar-refractivity contribution in [3.05, 3.63) is 0 Å². The Morgan fingerprint density at radius 1 is 0.828 bits per heavy atom. The van der Waals surface area contributed by atoms with E-state index in [4.69, 9.17) is 0 Å². The summed E-state index contributed by atoms with van der Waals surface area (Å²) in [5, 5.41) is 0. The summed E-state index contributed by atoms with van der Waals surface area (Å²) in [6, 6.07) is 0.529. The van der Waals surface area contributed by atoms with Crippen LogP contribution in [0.5, 0.6) is 0 Å². The van der Waals surface area contributed by atoms with Crippen molar-refractivity contribution >= 4 is 11.8 Å². The molecule has 2 aliphatic heterocycles. The molecular formula is C25H52N2O2. The summed E-state index contributed by atoms with van der Waals surface area (Å²) >= 11 is 0. The summed E-state index contributed by atoms with van der Waals surface area (Å²) in [5.74, 6) is 1.41. The summed E-state index contributed by atoms with van der Waals surface area (Å²) in [6.07, 6.45) is 8.45. The van der Waals surface area contributed by atoms with E-state index < -0.39 is 0 Å². The van der Waals surface area contributed by atoms with Crippen molar-refractivity contribution in [2.45, 2.75) is 120 Å². The first kappa shape index (κ1) is 30.1. The molecule has 0 aliphatic carbocycles. The summed E-state index contributed by atoms with van der Waals surface area (Å²) in [7, 11) is 0. The Bertz CT molecular complexity index is 421. The van der Waals surface area contributed by atoms with Crippen molar-refractivity contribution < 1.29 is 9.59 Å². The molecule has 1 unspecified atom stereocenters. The lowest BCUT2D eigenvalue weighted by Gasteiger charge is -2.35. The molecule has 29 heavy (non-hydrogen) atoms. The summed E-state index contributed by atoms with van der Waals surface area (Å²) < 4.78 is 0. The fraction of sp³-hybridized carbons (Fsp3) is 0.920. The van der Waals surface area contributed by atoms with Gasteiger partial charge in [0.25, 0.3) is 0 Å². The van der Waals surface area contributed by atoms with Crippen LogP contribution in [0.15, 0.2) is 0 Å². The molecule has 4 heteroatoms. The van der Waals surface area contributed by atoms with Crippen LogP contribution in [0.3, 0.4) is 0 Å². The van der Waals surface area contributed by atoms with Gasteiger partial charge in [0.1, 0.15) is 0 Å². The summed E-state index contributed by atoms with van der Waals surface area (Å²) in [6.45, 7) is 23.0. The third-order valence-corrected chi connectivity index (χ3v) is 5.62. The first-order valence-corrected chi connectivity index (χ1v) is 12.3. The second-order valence-electron chi connectivity index (χ2n) is 8.66. The summed E-state index contributed by atoms with van der Waals surface area (Å²) in [5.41, 5.74) is -0.209.